The van der Waals surface area contributed by atoms with Gasteiger partial charge in [-0.1, -0.05) is 20.8 Å². The van der Waals surface area contributed by atoms with Gasteiger partial charge in [0.05, 0.1) is 6.61 Å². The molecule has 1 atom stereocenters. The van der Waals surface area contributed by atoms with Gasteiger partial charge in [0.2, 0.25) is 0 Å². The lowest BCUT2D eigenvalue weighted by molar-refractivity contribution is -0.142. The first-order valence-corrected chi connectivity index (χ1v) is 6.52. The van der Waals surface area contributed by atoms with Crippen LogP contribution in [0.3, 0.4) is 0 Å². The first kappa shape index (κ1) is 16.0. The van der Waals surface area contributed by atoms with Crippen LogP contribution in [0.15, 0.2) is 24.3 Å². The maximum Gasteiger partial charge on any atom is 0.326 e. The molecule has 0 spiro atoms. The van der Waals surface area contributed by atoms with Crippen molar-refractivity contribution < 1.29 is 19.4 Å². The third-order valence-corrected chi connectivity index (χ3v) is 2.82. The lowest BCUT2D eigenvalue weighted by Crippen LogP contribution is -2.49. The van der Waals surface area contributed by atoms with E-state index in [1.807, 2.05) is 6.92 Å². The van der Waals surface area contributed by atoms with E-state index in [4.69, 9.17) is 4.74 Å². The van der Waals surface area contributed by atoms with Gasteiger partial charge in [0.1, 0.15) is 11.8 Å². The maximum absolute atomic E-state index is 12.1. The Morgan fingerprint density at radius 3 is 2.20 bits per heavy atom. The highest BCUT2D eigenvalue weighted by molar-refractivity contribution is 5.96. The Kier molecular flexibility index (Phi) is 5.13. The number of carboxylic acids is 1. The molecule has 1 rings (SSSR count). The van der Waals surface area contributed by atoms with Crippen molar-refractivity contribution in [3.05, 3.63) is 29.8 Å². The van der Waals surface area contributed by atoms with Gasteiger partial charge in [-0.15, -0.1) is 0 Å². The van der Waals surface area contributed by atoms with Crippen LogP contribution in [0.4, 0.5) is 0 Å². The summed E-state index contributed by atoms with van der Waals surface area (Å²) in [5.41, 5.74) is -0.156. The number of rotatable bonds is 5. The highest BCUT2D eigenvalue weighted by atomic mass is 16.5. The number of ether oxygens (including phenoxy) is 1. The number of aliphatic carboxylic acids is 1. The molecule has 0 unspecified atom stereocenters. The van der Waals surface area contributed by atoms with E-state index in [0.717, 1.165) is 0 Å². The molecular formula is C15H21NO4. The zero-order chi connectivity index (χ0) is 15.3. The quantitative estimate of drug-likeness (QED) is 0.867. The number of nitrogens with one attached hydrogen (secondary N) is 1. The van der Waals surface area contributed by atoms with Gasteiger partial charge in [-0.3, -0.25) is 4.79 Å². The molecule has 2 N–H and O–H groups in total. The largest absolute Gasteiger partial charge is 0.494 e. The fraction of sp³-hybridized carbons (Fsp3) is 0.467. The van der Waals surface area contributed by atoms with Crippen molar-refractivity contribution >= 4 is 11.9 Å². The Morgan fingerprint density at radius 2 is 1.80 bits per heavy atom. The molecule has 5 heteroatoms. The molecular weight excluding hydrogens is 258 g/mol. The lowest BCUT2D eigenvalue weighted by Gasteiger charge is -2.27. The molecule has 110 valence electrons. The second-order valence-electron chi connectivity index (χ2n) is 5.57. The molecule has 1 aromatic rings. The normalized spacial score (nSPS) is 12.6. The topological polar surface area (TPSA) is 75.6 Å². The van der Waals surface area contributed by atoms with E-state index in [-0.39, 0.29) is 0 Å². The molecule has 1 aromatic carbocycles. The van der Waals surface area contributed by atoms with Gasteiger partial charge in [0.15, 0.2) is 0 Å². The van der Waals surface area contributed by atoms with E-state index in [2.05, 4.69) is 5.32 Å². The number of hydrogen-bond donors (Lipinski definition) is 2. The Morgan fingerprint density at radius 1 is 1.25 bits per heavy atom. The van der Waals surface area contributed by atoms with Crippen molar-refractivity contribution in [2.75, 3.05) is 6.61 Å². The summed E-state index contributed by atoms with van der Waals surface area (Å²) in [6.45, 7) is 7.73. The predicted molar refractivity (Wildman–Crippen MR) is 76.0 cm³/mol. The minimum absolute atomic E-state index is 0.406. The van der Waals surface area contributed by atoms with Crippen LogP contribution in [0.5, 0.6) is 5.75 Å². The number of carboxylic acid groups (broad SMARTS) is 1. The maximum atomic E-state index is 12.1. The molecule has 0 radical (unpaired) electrons. The zero-order valence-corrected chi connectivity index (χ0v) is 12.3. The van der Waals surface area contributed by atoms with Crippen LogP contribution in [-0.2, 0) is 4.79 Å². The summed E-state index contributed by atoms with van der Waals surface area (Å²) in [5.74, 6) is -0.776. The highest BCUT2D eigenvalue weighted by Crippen LogP contribution is 2.20. The number of hydrogen-bond acceptors (Lipinski definition) is 3. The first-order chi connectivity index (χ1) is 9.25. The van der Waals surface area contributed by atoms with Crippen LogP contribution >= 0.6 is 0 Å². The Balaban J connectivity index is 2.81. The average Bonchev–Trinajstić information content (AvgIpc) is 2.35. The second kappa shape index (κ2) is 6.41. The Bertz CT molecular complexity index is 474. The fourth-order valence-corrected chi connectivity index (χ4v) is 1.73. The molecule has 0 saturated heterocycles. The molecule has 0 aliphatic rings. The first-order valence-electron chi connectivity index (χ1n) is 6.52. The lowest BCUT2D eigenvalue weighted by atomic mass is 9.86. The second-order valence-corrected chi connectivity index (χ2v) is 5.57. The van der Waals surface area contributed by atoms with Gasteiger partial charge < -0.3 is 15.2 Å². The molecule has 0 aliphatic carbocycles. The number of carbonyl (C=O) groups excluding carboxylic acids is 1. The van der Waals surface area contributed by atoms with Gasteiger partial charge in [0.25, 0.3) is 5.91 Å². The summed E-state index contributed by atoms with van der Waals surface area (Å²) >= 11 is 0. The van der Waals surface area contributed by atoms with Crippen LogP contribution in [0.2, 0.25) is 0 Å². The zero-order valence-electron chi connectivity index (χ0n) is 12.3. The van der Waals surface area contributed by atoms with Crippen molar-refractivity contribution in [1.82, 2.24) is 5.32 Å². The van der Waals surface area contributed by atoms with Crippen molar-refractivity contribution in [2.45, 2.75) is 33.7 Å². The van der Waals surface area contributed by atoms with Gasteiger partial charge in [0, 0.05) is 5.56 Å². The van der Waals surface area contributed by atoms with E-state index in [1.54, 1.807) is 45.0 Å². The molecule has 0 heterocycles. The molecule has 0 saturated carbocycles. The summed E-state index contributed by atoms with van der Waals surface area (Å²) in [5, 5.41) is 11.7. The van der Waals surface area contributed by atoms with Crippen LogP contribution < -0.4 is 10.1 Å². The monoisotopic (exact) mass is 279 g/mol. The molecule has 20 heavy (non-hydrogen) atoms. The summed E-state index contributed by atoms with van der Waals surface area (Å²) in [4.78, 5) is 23.3. The summed E-state index contributed by atoms with van der Waals surface area (Å²) in [6.07, 6.45) is 0. The minimum atomic E-state index is -1.04. The molecule has 0 aromatic heterocycles. The van der Waals surface area contributed by atoms with E-state index in [9.17, 15) is 14.7 Å². The van der Waals surface area contributed by atoms with E-state index in [1.165, 1.54) is 0 Å². The number of amides is 1. The summed E-state index contributed by atoms with van der Waals surface area (Å²) in [7, 11) is 0. The van der Waals surface area contributed by atoms with Crippen molar-refractivity contribution in [1.29, 1.82) is 0 Å². The third-order valence-electron chi connectivity index (χ3n) is 2.82. The van der Waals surface area contributed by atoms with Gasteiger partial charge in [-0.05, 0) is 36.6 Å². The molecule has 1 amide bonds. The highest BCUT2D eigenvalue weighted by Gasteiger charge is 2.32. The van der Waals surface area contributed by atoms with Crippen LogP contribution in [-0.4, -0.2) is 29.6 Å². The minimum Gasteiger partial charge on any atom is -0.494 e. The Labute approximate surface area is 118 Å². The van der Waals surface area contributed by atoms with E-state index in [0.29, 0.717) is 17.9 Å². The fourth-order valence-electron chi connectivity index (χ4n) is 1.73. The number of carbonyl (C=O) groups is 2. The standard InChI is InChI=1S/C15H21NO4/c1-5-20-11-8-6-10(7-9-11)13(17)16-12(14(18)19)15(2,3)4/h6-9,12H,5H2,1-4H3,(H,16,17)(H,18,19)/t12-/m0/s1. The van der Waals surface area contributed by atoms with Crippen LogP contribution in [0.1, 0.15) is 38.1 Å². The molecule has 5 nitrogen and oxygen atoms in total. The van der Waals surface area contributed by atoms with Crippen molar-refractivity contribution in [3.8, 4) is 5.75 Å². The predicted octanol–water partition coefficient (Wildman–Crippen LogP) is 2.31. The SMILES string of the molecule is CCOc1ccc(C(=O)N[C@@H](C(=O)O)C(C)(C)C)cc1. The molecule has 0 aliphatic heterocycles. The smallest absolute Gasteiger partial charge is 0.326 e. The van der Waals surface area contributed by atoms with Gasteiger partial charge in [-0.2, -0.15) is 0 Å². The van der Waals surface area contributed by atoms with E-state index < -0.39 is 23.3 Å². The summed E-state index contributed by atoms with van der Waals surface area (Å²) < 4.78 is 5.29. The van der Waals surface area contributed by atoms with Crippen molar-refractivity contribution in [2.24, 2.45) is 5.41 Å². The van der Waals surface area contributed by atoms with Gasteiger partial charge in [-0.25, -0.2) is 4.79 Å². The average molecular weight is 279 g/mol. The third kappa shape index (κ3) is 4.26. The van der Waals surface area contributed by atoms with Gasteiger partial charge >= 0.3 is 5.97 Å². The molecule has 0 bridgehead atoms. The summed E-state index contributed by atoms with van der Waals surface area (Å²) in [6, 6.07) is 5.65. The molecule has 0 fully saturated rings. The van der Waals surface area contributed by atoms with E-state index >= 15 is 0 Å². The Hall–Kier alpha value is -2.04. The van der Waals surface area contributed by atoms with Crippen LogP contribution in [0.25, 0.3) is 0 Å². The number of benzene rings is 1. The van der Waals surface area contributed by atoms with Crippen molar-refractivity contribution in [3.63, 3.8) is 0 Å². The van der Waals surface area contributed by atoms with Crippen LogP contribution in [0, 0.1) is 5.41 Å².